The topological polar surface area (TPSA) is 71.4 Å². The van der Waals surface area contributed by atoms with Crippen molar-refractivity contribution in [2.75, 3.05) is 0 Å². The van der Waals surface area contributed by atoms with Gasteiger partial charge < -0.3 is 9.90 Å². The number of allylic oxidation sites excluding steroid dienone is 2. The van der Waals surface area contributed by atoms with E-state index in [9.17, 15) is 14.4 Å². The Morgan fingerprint density at radius 1 is 1.50 bits per heavy atom. The van der Waals surface area contributed by atoms with Crippen LogP contribution in [0.5, 0.6) is 0 Å². The van der Waals surface area contributed by atoms with Gasteiger partial charge in [-0.25, -0.2) is 0 Å². The van der Waals surface area contributed by atoms with Crippen LogP contribution in [0.4, 0.5) is 0 Å². The molecule has 0 radical (unpaired) electrons. The number of carboxylic acids is 1. The molecule has 0 spiro atoms. The Morgan fingerprint density at radius 2 is 2.14 bits per heavy atom. The van der Waals surface area contributed by atoms with Crippen LogP contribution in [-0.4, -0.2) is 23.6 Å². The molecule has 0 aliphatic heterocycles. The zero-order chi connectivity index (χ0) is 10.7. The van der Waals surface area contributed by atoms with Crippen LogP contribution in [0.15, 0.2) is 10.6 Å². The van der Waals surface area contributed by atoms with Crippen molar-refractivity contribution in [2.24, 2.45) is 11.8 Å². The summed E-state index contributed by atoms with van der Waals surface area (Å²) in [4.78, 5) is 31.8. The predicted molar refractivity (Wildman–Crippen MR) is 48.9 cm³/mol. The van der Waals surface area contributed by atoms with Gasteiger partial charge >= 0.3 is 5.97 Å². The highest BCUT2D eigenvalue weighted by molar-refractivity contribution is 6.32. The molecule has 0 bridgehead atoms. The first kappa shape index (κ1) is 10.9. The lowest BCUT2D eigenvalue weighted by molar-refractivity contribution is -0.142. The molecule has 0 aromatic carbocycles. The minimum Gasteiger partial charge on any atom is -0.481 e. The van der Waals surface area contributed by atoms with Gasteiger partial charge in [0.2, 0.25) is 0 Å². The first-order valence-electron chi connectivity index (χ1n) is 4.12. The molecule has 14 heavy (non-hydrogen) atoms. The van der Waals surface area contributed by atoms with E-state index >= 15 is 0 Å². The molecule has 2 unspecified atom stereocenters. The van der Waals surface area contributed by atoms with Crippen LogP contribution in [0.3, 0.4) is 0 Å². The second kappa shape index (κ2) is 4.37. The van der Waals surface area contributed by atoms with Crippen molar-refractivity contribution in [3.63, 3.8) is 0 Å². The molecule has 1 aliphatic rings. The van der Waals surface area contributed by atoms with Crippen molar-refractivity contribution in [3.05, 3.63) is 10.6 Å². The largest absolute Gasteiger partial charge is 0.481 e. The highest BCUT2D eigenvalue weighted by atomic mass is 35.5. The summed E-state index contributed by atoms with van der Waals surface area (Å²) in [5.74, 6) is -2.33. The Kier molecular flexibility index (Phi) is 3.41. The Balaban J connectivity index is 2.97. The lowest BCUT2D eigenvalue weighted by Crippen LogP contribution is -2.25. The highest BCUT2D eigenvalue weighted by Gasteiger charge is 2.31. The molecular formula is C9H9ClO4. The van der Waals surface area contributed by atoms with Crippen LogP contribution in [0, 0.1) is 11.8 Å². The zero-order valence-corrected chi connectivity index (χ0v) is 8.03. The number of aliphatic carboxylic acids is 1. The van der Waals surface area contributed by atoms with Gasteiger partial charge in [-0.1, -0.05) is 11.6 Å². The fourth-order valence-corrected chi connectivity index (χ4v) is 1.76. The Labute approximate surface area is 85.5 Å². The van der Waals surface area contributed by atoms with Crippen molar-refractivity contribution in [1.82, 2.24) is 0 Å². The molecule has 2 atom stereocenters. The van der Waals surface area contributed by atoms with E-state index in [0.29, 0.717) is 12.6 Å². The van der Waals surface area contributed by atoms with Gasteiger partial charge in [-0.2, -0.15) is 0 Å². The molecule has 0 saturated heterocycles. The fourth-order valence-electron chi connectivity index (χ4n) is 1.50. The quantitative estimate of drug-likeness (QED) is 0.714. The fraction of sp³-hybridized carbons (Fsp3) is 0.444. The standard InChI is InChI=1S/C9H9ClO4/c10-8-6(3-11)1-5(9(13)14)2-7(8)4-12/h3-6H,1-2H2,(H,13,14). The summed E-state index contributed by atoms with van der Waals surface area (Å²) in [6.45, 7) is 0. The molecule has 0 aromatic heterocycles. The third kappa shape index (κ3) is 2.01. The van der Waals surface area contributed by atoms with Gasteiger partial charge in [0.15, 0.2) is 0 Å². The van der Waals surface area contributed by atoms with Crippen LogP contribution < -0.4 is 0 Å². The average molecular weight is 217 g/mol. The molecule has 1 rings (SSSR count). The highest BCUT2D eigenvalue weighted by Crippen LogP contribution is 2.34. The van der Waals surface area contributed by atoms with Crippen molar-refractivity contribution < 1.29 is 19.5 Å². The molecular weight excluding hydrogens is 208 g/mol. The van der Waals surface area contributed by atoms with Crippen LogP contribution >= 0.6 is 11.6 Å². The van der Waals surface area contributed by atoms with E-state index in [2.05, 4.69) is 0 Å². The van der Waals surface area contributed by atoms with Gasteiger partial charge in [-0.05, 0) is 12.8 Å². The third-order valence-electron chi connectivity index (χ3n) is 2.29. The summed E-state index contributed by atoms with van der Waals surface area (Å²) < 4.78 is 0. The molecule has 5 heteroatoms. The van der Waals surface area contributed by atoms with Crippen LogP contribution in [-0.2, 0) is 14.4 Å². The van der Waals surface area contributed by atoms with Gasteiger partial charge in [0.25, 0.3) is 0 Å². The normalized spacial score (nSPS) is 27.2. The number of hydrogen-bond acceptors (Lipinski definition) is 3. The van der Waals surface area contributed by atoms with Gasteiger partial charge in [-0.3, -0.25) is 9.59 Å². The lowest BCUT2D eigenvalue weighted by Gasteiger charge is -2.23. The third-order valence-corrected chi connectivity index (χ3v) is 2.82. The number of rotatable bonds is 3. The van der Waals surface area contributed by atoms with Gasteiger partial charge in [0.1, 0.15) is 12.6 Å². The molecule has 4 nitrogen and oxygen atoms in total. The number of aldehydes is 2. The summed E-state index contributed by atoms with van der Waals surface area (Å²) in [5.41, 5.74) is 0.224. The maximum Gasteiger partial charge on any atom is 0.306 e. The molecule has 1 N–H and O–H groups in total. The number of carbonyl (C=O) groups excluding carboxylic acids is 2. The van der Waals surface area contributed by atoms with Crippen molar-refractivity contribution in [3.8, 4) is 0 Å². The zero-order valence-electron chi connectivity index (χ0n) is 7.27. The molecule has 0 fully saturated rings. The first-order chi connectivity index (χ1) is 6.60. The van der Waals surface area contributed by atoms with Crippen LogP contribution in [0.2, 0.25) is 0 Å². The number of carbonyl (C=O) groups is 3. The van der Waals surface area contributed by atoms with Crippen molar-refractivity contribution in [1.29, 1.82) is 0 Å². The minimum atomic E-state index is -1.000. The minimum absolute atomic E-state index is 0.113. The SMILES string of the molecule is O=CC1=C(Cl)C(C=O)CC(C(=O)O)C1. The van der Waals surface area contributed by atoms with E-state index in [-0.39, 0.29) is 23.4 Å². The summed E-state index contributed by atoms with van der Waals surface area (Å²) in [7, 11) is 0. The smallest absolute Gasteiger partial charge is 0.306 e. The molecule has 76 valence electrons. The Hall–Kier alpha value is -1.16. The molecule has 0 heterocycles. The number of halogens is 1. The van der Waals surface area contributed by atoms with Crippen LogP contribution in [0.25, 0.3) is 0 Å². The summed E-state index contributed by atoms with van der Waals surface area (Å²) in [5, 5.41) is 8.94. The summed E-state index contributed by atoms with van der Waals surface area (Å²) in [6, 6.07) is 0. The van der Waals surface area contributed by atoms with E-state index in [1.165, 1.54) is 0 Å². The molecule has 0 amide bonds. The van der Waals surface area contributed by atoms with E-state index in [1.54, 1.807) is 0 Å². The maximum absolute atomic E-state index is 10.7. The maximum atomic E-state index is 10.7. The monoisotopic (exact) mass is 216 g/mol. The molecule has 1 aliphatic carbocycles. The first-order valence-corrected chi connectivity index (χ1v) is 4.49. The van der Waals surface area contributed by atoms with E-state index in [1.807, 2.05) is 0 Å². The van der Waals surface area contributed by atoms with Crippen molar-refractivity contribution >= 4 is 30.1 Å². The van der Waals surface area contributed by atoms with Gasteiger partial charge in [0.05, 0.1) is 11.8 Å². The molecule has 0 aromatic rings. The second-order valence-electron chi connectivity index (χ2n) is 3.21. The van der Waals surface area contributed by atoms with Gasteiger partial charge in [0, 0.05) is 10.6 Å². The second-order valence-corrected chi connectivity index (χ2v) is 3.62. The number of hydrogen-bond donors (Lipinski definition) is 1. The van der Waals surface area contributed by atoms with Crippen molar-refractivity contribution in [2.45, 2.75) is 12.8 Å². The van der Waals surface area contributed by atoms with E-state index in [0.717, 1.165) is 0 Å². The molecule has 0 saturated carbocycles. The van der Waals surface area contributed by atoms with Gasteiger partial charge in [-0.15, -0.1) is 0 Å². The predicted octanol–water partition coefficient (Wildman–Crippen LogP) is 0.988. The average Bonchev–Trinajstić information content (AvgIpc) is 2.17. The Morgan fingerprint density at radius 3 is 2.57 bits per heavy atom. The number of carboxylic acid groups (broad SMARTS) is 1. The van der Waals surface area contributed by atoms with Crippen LogP contribution in [0.1, 0.15) is 12.8 Å². The van der Waals surface area contributed by atoms with E-state index < -0.39 is 17.8 Å². The summed E-state index contributed by atoms with van der Waals surface area (Å²) in [6.07, 6.45) is 1.39. The summed E-state index contributed by atoms with van der Waals surface area (Å²) >= 11 is 5.74. The lowest BCUT2D eigenvalue weighted by atomic mass is 9.83. The Bertz CT molecular complexity index is 308. The van der Waals surface area contributed by atoms with E-state index in [4.69, 9.17) is 16.7 Å².